The van der Waals surface area contributed by atoms with E-state index in [2.05, 4.69) is 15.0 Å². The number of nitrogens with zero attached hydrogens (tertiary/aromatic N) is 3. The van der Waals surface area contributed by atoms with Crippen LogP contribution in [0.1, 0.15) is 26.7 Å². The van der Waals surface area contributed by atoms with E-state index in [1.165, 1.54) is 24.5 Å². The predicted octanol–water partition coefficient (Wildman–Crippen LogP) is 4.37. The zero-order valence-electron chi connectivity index (χ0n) is 18.6. The first-order chi connectivity index (χ1) is 15.3. The molecule has 0 amide bonds. The van der Waals surface area contributed by atoms with Crippen LogP contribution in [0.5, 0.6) is 11.5 Å². The van der Waals surface area contributed by atoms with E-state index in [9.17, 15) is 4.39 Å². The molecule has 10 heteroatoms. The molecule has 2 aromatic heterocycles. The van der Waals surface area contributed by atoms with Gasteiger partial charge in [0, 0.05) is 25.0 Å². The molecule has 2 heterocycles. The molecule has 7 nitrogen and oxygen atoms in total. The van der Waals surface area contributed by atoms with Crippen molar-refractivity contribution < 1.29 is 16.6 Å². The number of ether oxygens (including phenoxy) is 2. The molecule has 160 valence electrons. The average Bonchev–Trinajstić information content (AvgIpc) is 3.16. The number of hydrogen-bond acceptors (Lipinski definition) is 9. The number of methoxy groups -OCH3 is 1. The quantitative estimate of drug-likeness (QED) is 0.345. The lowest BCUT2D eigenvalue weighted by atomic mass is 10.2. The Bertz CT molecular complexity index is 1060. The van der Waals surface area contributed by atoms with Gasteiger partial charge >= 0.3 is 0 Å². The number of nitrogen functional groups attached to an aromatic ring is 2. The molecule has 4 N–H and O–H groups in total. The Morgan fingerprint density at radius 3 is 2.60 bits per heavy atom. The highest BCUT2D eigenvalue weighted by molar-refractivity contribution is 7.98. The normalized spacial score (nSPS) is 12.4. The third-order valence-electron chi connectivity index (χ3n) is 3.90. The molecular formula is C20H24FN5O2S2. The highest BCUT2D eigenvalue weighted by Gasteiger charge is 2.15. The standard InChI is InChI=1S/C20H24FN5O2S2/c1-3-4-16-13(11-29-20-25-17(22)10-18(23)26-20)24-19(30-16)12-5-6-14(27-2)15(9-12)28-8-7-21/h5-6,9-10H,3-4,7-8,11H2,1-2H3,(H4,22,23,25,26)/i11D2. The summed E-state index contributed by atoms with van der Waals surface area (Å²) in [5.74, 6) is 1.22. The molecule has 0 fully saturated rings. The van der Waals surface area contributed by atoms with Crippen LogP contribution in [-0.4, -0.2) is 35.3 Å². The van der Waals surface area contributed by atoms with Crippen LogP contribution in [0, 0.1) is 0 Å². The molecule has 0 spiro atoms. The first kappa shape index (κ1) is 19.4. The lowest BCUT2D eigenvalue weighted by Gasteiger charge is -2.10. The maximum absolute atomic E-state index is 12.6. The van der Waals surface area contributed by atoms with Gasteiger partial charge in [-0.3, -0.25) is 0 Å². The van der Waals surface area contributed by atoms with Crippen molar-refractivity contribution in [1.82, 2.24) is 15.0 Å². The smallest absolute Gasteiger partial charge is 0.191 e. The van der Waals surface area contributed by atoms with E-state index in [4.69, 9.17) is 23.7 Å². The van der Waals surface area contributed by atoms with Gasteiger partial charge < -0.3 is 20.9 Å². The van der Waals surface area contributed by atoms with Crippen LogP contribution in [0.4, 0.5) is 16.0 Å². The van der Waals surface area contributed by atoms with Crippen molar-refractivity contribution in [2.45, 2.75) is 30.6 Å². The maximum Gasteiger partial charge on any atom is 0.191 e. The number of thioether (sulfide) groups is 1. The molecule has 3 rings (SSSR count). The number of alkyl halides is 1. The molecule has 0 aliphatic rings. The lowest BCUT2D eigenvalue weighted by molar-refractivity contribution is 0.260. The van der Waals surface area contributed by atoms with Gasteiger partial charge in [0.25, 0.3) is 0 Å². The van der Waals surface area contributed by atoms with Gasteiger partial charge in [-0.1, -0.05) is 25.1 Å². The highest BCUT2D eigenvalue weighted by Crippen LogP contribution is 2.37. The Morgan fingerprint density at radius 1 is 1.17 bits per heavy atom. The molecule has 0 aliphatic carbocycles. The monoisotopic (exact) mass is 451 g/mol. The van der Waals surface area contributed by atoms with E-state index < -0.39 is 12.4 Å². The molecule has 3 aromatic rings. The van der Waals surface area contributed by atoms with Crippen molar-refractivity contribution in [3.8, 4) is 22.1 Å². The van der Waals surface area contributed by atoms with E-state index >= 15 is 0 Å². The topological polar surface area (TPSA) is 109 Å². The Balaban J connectivity index is 1.99. The number of anilines is 2. The van der Waals surface area contributed by atoms with E-state index in [1.807, 2.05) is 13.0 Å². The van der Waals surface area contributed by atoms with Crippen LogP contribution in [0.3, 0.4) is 0 Å². The summed E-state index contributed by atoms with van der Waals surface area (Å²) in [4.78, 5) is 13.6. The second-order valence-corrected chi connectivity index (χ2v) is 8.01. The zero-order valence-corrected chi connectivity index (χ0v) is 18.3. The number of rotatable bonds is 10. The third kappa shape index (κ3) is 5.51. The number of aromatic nitrogens is 3. The summed E-state index contributed by atoms with van der Waals surface area (Å²) >= 11 is 2.21. The Morgan fingerprint density at radius 2 is 1.93 bits per heavy atom. The Labute approximate surface area is 185 Å². The summed E-state index contributed by atoms with van der Waals surface area (Å²) in [6.07, 6.45) is 1.49. The minimum atomic E-state index is -1.92. The summed E-state index contributed by atoms with van der Waals surface area (Å²) < 4.78 is 40.6. The van der Waals surface area contributed by atoms with E-state index in [-0.39, 0.29) is 23.4 Å². The molecule has 0 saturated heterocycles. The van der Waals surface area contributed by atoms with Crippen LogP contribution in [-0.2, 0) is 12.1 Å². The van der Waals surface area contributed by atoms with Gasteiger partial charge in [0.05, 0.1) is 12.8 Å². The summed E-state index contributed by atoms with van der Waals surface area (Å²) in [6, 6.07) is 6.66. The number of nitrogens with two attached hydrogens (primary N) is 2. The number of thiazole rings is 1. The summed E-state index contributed by atoms with van der Waals surface area (Å²) in [6.45, 7) is 1.31. The SMILES string of the molecule is [2H]C([2H])(Sc1nc(N)cc(N)n1)c1nc(-c2ccc(OC)c(OCCF)c2)sc1CCC. The van der Waals surface area contributed by atoms with Crippen molar-refractivity contribution in [3.63, 3.8) is 0 Å². The van der Waals surface area contributed by atoms with Crippen LogP contribution in [0.25, 0.3) is 10.6 Å². The molecule has 0 unspecified atom stereocenters. The first-order valence-corrected chi connectivity index (χ1v) is 10.9. The molecule has 1 aromatic carbocycles. The molecule has 30 heavy (non-hydrogen) atoms. The third-order valence-corrected chi connectivity index (χ3v) is 5.73. The highest BCUT2D eigenvalue weighted by atomic mass is 32.2. The van der Waals surface area contributed by atoms with Crippen molar-refractivity contribution in [1.29, 1.82) is 0 Å². The van der Waals surface area contributed by atoms with E-state index in [1.54, 1.807) is 12.1 Å². The number of halogens is 1. The van der Waals surface area contributed by atoms with Gasteiger partial charge in [-0.2, -0.15) is 0 Å². The number of hydrogen-bond donors (Lipinski definition) is 2. The van der Waals surface area contributed by atoms with Crippen LogP contribution >= 0.6 is 23.1 Å². The van der Waals surface area contributed by atoms with Crippen molar-refractivity contribution in [2.24, 2.45) is 0 Å². The zero-order chi connectivity index (χ0) is 23.3. The van der Waals surface area contributed by atoms with Gasteiger partial charge in [-0.25, -0.2) is 19.3 Å². The fourth-order valence-corrected chi connectivity index (χ4v) is 4.46. The van der Waals surface area contributed by atoms with E-state index in [0.29, 0.717) is 28.6 Å². The molecule has 0 saturated carbocycles. The van der Waals surface area contributed by atoms with Crippen LogP contribution in [0.2, 0.25) is 0 Å². The first-order valence-electron chi connectivity index (χ1n) is 10.2. The minimum absolute atomic E-state index is 0.0907. The van der Waals surface area contributed by atoms with Crippen molar-refractivity contribution >= 4 is 34.7 Å². The maximum atomic E-state index is 12.6. The average molecular weight is 452 g/mol. The van der Waals surface area contributed by atoms with Gasteiger partial charge in [-0.15, -0.1) is 11.3 Å². The van der Waals surface area contributed by atoms with Crippen molar-refractivity contribution in [2.75, 3.05) is 31.9 Å². The molecular weight excluding hydrogens is 425 g/mol. The van der Waals surface area contributed by atoms with Gasteiger partial charge in [0.1, 0.15) is 29.9 Å². The summed E-state index contributed by atoms with van der Waals surface area (Å²) in [5.41, 5.74) is 10.5. The fourth-order valence-electron chi connectivity index (χ4n) is 2.62. The molecule has 0 atom stereocenters. The van der Waals surface area contributed by atoms with E-state index in [0.717, 1.165) is 28.6 Å². The second-order valence-electron chi connectivity index (χ2n) is 6.15. The number of benzene rings is 1. The van der Waals surface area contributed by atoms with Gasteiger partial charge in [0.2, 0.25) is 0 Å². The fraction of sp³-hybridized carbons (Fsp3) is 0.350. The minimum Gasteiger partial charge on any atom is -0.493 e. The Kier molecular flexibility index (Phi) is 6.75. The number of aryl methyl sites for hydroxylation is 1. The lowest BCUT2D eigenvalue weighted by Crippen LogP contribution is -2.00. The summed E-state index contributed by atoms with van der Waals surface area (Å²) in [5, 5.41) is 0.754. The van der Waals surface area contributed by atoms with Gasteiger partial charge in [0.15, 0.2) is 16.7 Å². The largest absolute Gasteiger partial charge is 0.493 e. The van der Waals surface area contributed by atoms with Gasteiger partial charge in [-0.05, 0) is 24.6 Å². The second kappa shape index (κ2) is 10.4. The Hall–Kier alpha value is -2.59. The van der Waals surface area contributed by atoms with Crippen molar-refractivity contribution in [3.05, 3.63) is 34.8 Å². The predicted molar refractivity (Wildman–Crippen MR) is 120 cm³/mol. The molecule has 0 radical (unpaired) electrons. The van der Waals surface area contributed by atoms with Crippen LogP contribution in [0.15, 0.2) is 29.4 Å². The molecule has 0 bridgehead atoms. The van der Waals surface area contributed by atoms with Crippen LogP contribution < -0.4 is 20.9 Å². The molecule has 0 aliphatic heterocycles. The summed E-state index contributed by atoms with van der Waals surface area (Å²) in [7, 11) is 1.51.